The molecule has 25 heavy (non-hydrogen) atoms. The van der Waals surface area contributed by atoms with Gasteiger partial charge in [0.05, 0.1) is 5.75 Å². The van der Waals surface area contributed by atoms with E-state index in [9.17, 15) is 17.6 Å². The highest BCUT2D eigenvalue weighted by molar-refractivity contribution is 7.88. The van der Waals surface area contributed by atoms with E-state index in [1.807, 2.05) is 0 Å². The number of carbonyl (C=O) groups excluding carboxylic acids is 1. The van der Waals surface area contributed by atoms with Crippen molar-refractivity contribution in [1.82, 2.24) is 10.0 Å². The van der Waals surface area contributed by atoms with E-state index in [-0.39, 0.29) is 11.8 Å². The van der Waals surface area contributed by atoms with Gasteiger partial charge < -0.3 is 5.32 Å². The molecule has 0 saturated carbocycles. The van der Waals surface area contributed by atoms with Crippen molar-refractivity contribution in [3.63, 3.8) is 0 Å². The first-order chi connectivity index (χ1) is 11.8. The molecule has 5 nitrogen and oxygen atoms in total. The molecule has 2 rings (SSSR count). The first-order valence-corrected chi connectivity index (χ1v) is 9.52. The molecule has 0 bridgehead atoms. The Morgan fingerprint density at radius 2 is 1.64 bits per heavy atom. The Labute approximate surface area is 147 Å². The smallest absolute Gasteiger partial charge is 0.242 e. The van der Waals surface area contributed by atoms with Gasteiger partial charge in [0, 0.05) is 6.04 Å². The first-order valence-electron chi connectivity index (χ1n) is 7.86. The summed E-state index contributed by atoms with van der Waals surface area (Å²) in [5.41, 5.74) is 0.980. The molecule has 0 spiro atoms. The van der Waals surface area contributed by atoms with E-state index in [2.05, 4.69) is 10.0 Å². The number of amides is 1. The van der Waals surface area contributed by atoms with E-state index in [0.29, 0.717) is 11.1 Å². The van der Waals surface area contributed by atoms with Crippen molar-refractivity contribution in [1.29, 1.82) is 0 Å². The van der Waals surface area contributed by atoms with Crippen LogP contribution >= 0.6 is 0 Å². The summed E-state index contributed by atoms with van der Waals surface area (Å²) in [5.74, 6) is -1.21. The predicted molar refractivity (Wildman–Crippen MR) is 94.6 cm³/mol. The molecule has 0 unspecified atom stereocenters. The van der Waals surface area contributed by atoms with Crippen LogP contribution in [-0.2, 0) is 20.6 Å². The van der Waals surface area contributed by atoms with E-state index < -0.39 is 27.8 Å². The molecule has 2 aromatic carbocycles. The molecular weight excluding hydrogens is 343 g/mol. The molecule has 0 aliphatic rings. The summed E-state index contributed by atoms with van der Waals surface area (Å²) in [6, 6.07) is 12.7. The number of rotatable bonds is 7. The number of nitrogens with one attached hydrogen (secondary N) is 2. The van der Waals surface area contributed by atoms with Crippen LogP contribution in [0.25, 0.3) is 0 Å². The summed E-state index contributed by atoms with van der Waals surface area (Å²) in [6.45, 7) is 3.60. The number of halogens is 1. The molecule has 0 saturated heterocycles. The number of benzene rings is 2. The fourth-order valence-electron chi connectivity index (χ4n) is 2.31. The molecule has 7 heteroatoms. The molecule has 0 radical (unpaired) electrons. The predicted octanol–water partition coefficient (Wildman–Crippen LogP) is 2.51. The number of hydrogen-bond acceptors (Lipinski definition) is 3. The monoisotopic (exact) mass is 364 g/mol. The minimum Gasteiger partial charge on any atom is -0.352 e. The zero-order valence-corrected chi connectivity index (χ0v) is 14.9. The summed E-state index contributed by atoms with van der Waals surface area (Å²) < 4.78 is 40.4. The highest BCUT2D eigenvalue weighted by atomic mass is 32.2. The normalized spacial score (nSPS) is 12.8. The van der Waals surface area contributed by atoms with Gasteiger partial charge in [-0.05, 0) is 37.1 Å². The molecule has 134 valence electrons. The summed E-state index contributed by atoms with van der Waals surface area (Å²) in [4.78, 5) is 12.4. The number of sulfonamides is 1. The summed E-state index contributed by atoms with van der Waals surface area (Å²) in [7, 11) is -3.81. The van der Waals surface area contributed by atoms with Gasteiger partial charge in [-0.25, -0.2) is 12.8 Å². The summed E-state index contributed by atoms with van der Waals surface area (Å²) >= 11 is 0. The van der Waals surface area contributed by atoms with E-state index in [0.717, 1.165) is 0 Å². The Hall–Kier alpha value is -2.25. The molecule has 0 fully saturated rings. The van der Waals surface area contributed by atoms with Crippen LogP contribution in [0, 0.1) is 5.82 Å². The summed E-state index contributed by atoms with van der Waals surface area (Å²) in [6.07, 6.45) is 0. The molecule has 0 heterocycles. The molecule has 0 aliphatic carbocycles. The Kier molecular flexibility index (Phi) is 6.27. The fourth-order valence-corrected chi connectivity index (χ4v) is 3.62. The molecule has 1 amide bonds. The van der Waals surface area contributed by atoms with E-state index in [1.165, 1.54) is 24.3 Å². The lowest BCUT2D eigenvalue weighted by Gasteiger charge is -2.20. The molecular formula is C18H21FN2O3S. The van der Waals surface area contributed by atoms with Crippen molar-refractivity contribution in [3.8, 4) is 0 Å². The Morgan fingerprint density at radius 3 is 2.20 bits per heavy atom. The van der Waals surface area contributed by atoms with Crippen molar-refractivity contribution in [3.05, 3.63) is 71.5 Å². The van der Waals surface area contributed by atoms with Crippen LogP contribution in [0.3, 0.4) is 0 Å². The largest absolute Gasteiger partial charge is 0.352 e. The van der Waals surface area contributed by atoms with Gasteiger partial charge in [-0.1, -0.05) is 42.5 Å². The van der Waals surface area contributed by atoms with Crippen LogP contribution in [0.2, 0.25) is 0 Å². The topological polar surface area (TPSA) is 75.3 Å². The Balaban J connectivity index is 2.22. The van der Waals surface area contributed by atoms with Gasteiger partial charge in [-0.15, -0.1) is 0 Å². The maximum absolute atomic E-state index is 13.0. The third-order valence-corrected chi connectivity index (χ3v) is 4.70. The lowest BCUT2D eigenvalue weighted by atomic mass is 10.1. The van der Waals surface area contributed by atoms with Crippen molar-refractivity contribution < 1.29 is 17.6 Å². The van der Waals surface area contributed by atoms with E-state index >= 15 is 0 Å². The van der Waals surface area contributed by atoms with E-state index in [1.54, 1.807) is 44.2 Å². The fraction of sp³-hybridized carbons (Fsp3) is 0.278. The molecule has 1 atom stereocenters. The number of carbonyl (C=O) groups is 1. The third kappa shape index (κ3) is 5.95. The quantitative estimate of drug-likeness (QED) is 0.793. The SMILES string of the molecule is CC(C)NC(=O)[C@@H](NS(=O)(=O)Cc1ccc(F)cc1)c1ccccc1. The minimum absolute atomic E-state index is 0.125. The standard InChI is InChI=1S/C18H21FN2O3S/c1-13(2)20-18(22)17(15-6-4-3-5-7-15)21-25(23,24)12-14-8-10-16(19)11-9-14/h3-11,13,17,21H,12H2,1-2H3,(H,20,22)/t17-/m0/s1. The first kappa shape index (κ1) is 19.1. The van der Waals surface area contributed by atoms with E-state index in [4.69, 9.17) is 0 Å². The van der Waals surface area contributed by atoms with Crippen molar-refractivity contribution in [2.24, 2.45) is 0 Å². The van der Waals surface area contributed by atoms with Crippen LogP contribution in [0.1, 0.15) is 31.0 Å². The highest BCUT2D eigenvalue weighted by Crippen LogP contribution is 2.16. The molecule has 2 aromatic rings. The van der Waals surface area contributed by atoms with Crippen LogP contribution in [0.5, 0.6) is 0 Å². The van der Waals surface area contributed by atoms with Gasteiger partial charge in [0.25, 0.3) is 0 Å². The van der Waals surface area contributed by atoms with Gasteiger partial charge in [-0.2, -0.15) is 4.72 Å². The Bertz CT molecular complexity index is 806. The zero-order chi connectivity index (χ0) is 18.4. The second kappa shape index (κ2) is 8.22. The van der Waals surface area contributed by atoms with Gasteiger partial charge in [-0.3, -0.25) is 4.79 Å². The highest BCUT2D eigenvalue weighted by Gasteiger charge is 2.26. The molecule has 0 aromatic heterocycles. The van der Waals surface area contributed by atoms with Gasteiger partial charge in [0.1, 0.15) is 11.9 Å². The van der Waals surface area contributed by atoms with Gasteiger partial charge in [0.2, 0.25) is 15.9 Å². The third-order valence-electron chi connectivity index (χ3n) is 3.39. The van der Waals surface area contributed by atoms with Crippen LogP contribution in [-0.4, -0.2) is 20.4 Å². The number of hydrogen-bond donors (Lipinski definition) is 2. The Morgan fingerprint density at radius 1 is 1.04 bits per heavy atom. The van der Waals surface area contributed by atoms with Crippen LogP contribution in [0.4, 0.5) is 4.39 Å². The maximum Gasteiger partial charge on any atom is 0.242 e. The summed E-state index contributed by atoms with van der Waals surface area (Å²) in [5, 5.41) is 2.72. The van der Waals surface area contributed by atoms with Crippen molar-refractivity contribution in [2.45, 2.75) is 31.7 Å². The van der Waals surface area contributed by atoms with Crippen LogP contribution in [0.15, 0.2) is 54.6 Å². The average Bonchev–Trinajstić information content (AvgIpc) is 2.55. The zero-order valence-electron chi connectivity index (χ0n) is 14.1. The van der Waals surface area contributed by atoms with Crippen LogP contribution < -0.4 is 10.0 Å². The second-order valence-corrected chi connectivity index (χ2v) is 7.76. The lowest BCUT2D eigenvalue weighted by Crippen LogP contribution is -2.43. The van der Waals surface area contributed by atoms with Gasteiger partial charge in [0.15, 0.2) is 0 Å². The maximum atomic E-state index is 13.0. The lowest BCUT2D eigenvalue weighted by molar-refractivity contribution is -0.123. The van der Waals surface area contributed by atoms with Crippen molar-refractivity contribution >= 4 is 15.9 Å². The second-order valence-electron chi connectivity index (χ2n) is 6.01. The van der Waals surface area contributed by atoms with Crippen molar-refractivity contribution in [2.75, 3.05) is 0 Å². The average molecular weight is 364 g/mol. The molecule has 0 aliphatic heterocycles. The molecule has 2 N–H and O–H groups in total. The van der Waals surface area contributed by atoms with Gasteiger partial charge >= 0.3 is 0 Å². The minimum atomic E-state index is -3.81.